The maximum Gasteiger partial charge on any atom is 0.132 e. The Labute approximate surface area is 111 Å². The summed E-state index contributed by atoms with van der Waals surface area (Å²) in [5.74, 6) is -0.212. The van der Waals surface area contributed by atoms with E-state index in [1.165, 1.54) is 6.07 Å². The lowest BCUT2D eigenvalue weighted by atomic mass is 10.0. The SMILES string of the molecule is Cc1c(-c2ccccc2F)[nH]c2ccc(CN)cc12. The second-order valence-electron chi connectivity index (χ2n) is 4.69. The molecule has 0 aliphatic carbocycles. The number of nitrogens with two attached hydrogens (primary N) is 1. The first-order valence-corrected chi connectivity index (χ1v) is 6.27. The molecule has 0 fully saturated rings. The molecule has 2 nitrogen and oxygen atoms in total. The highest BCUT2D eigenvalue weighted by atomic mass is 19.1. The number of H-pyrrole nitrogens is 1. The number of benzene rings is 2. The highest BCUT2D eigenvalue weighted by Gasteiger charge is 2.12. The number of hydrogen-bond acceptors (Lipinski definition) is 1. The van der Waals surface area contributed by atoms with Gasteiger partial charge in [-0.25, -0.2) is 4.39 Å². The summed E-state index contributed by atoms with van der Waals surface area (Å²) in [6, 6.07) is 12.9. The molecule has 3 heteroatoms. The molecule has 1 aromatic heterocycles. The van der Waals surface area contributed by atoms with Crippen molar-refractivity contribution in [2.45, 2.75) is 13.5 Å². The number of hydrogen-bond donors (Lipinski definition) is 2. The lowest BCUT2D eigenvalue weighted by Crippen LogP contribution is -1.95. The zero-order chi connectivity index (χ0) is 13.4. The molecule has 2 aromatic carbocycles. The number of aromatic nitrogens is 1. The van der Waals surface area contributed by atoms with Gasteiger partial charge in [0.25, 0.3) is 0 Å². The van der Waals surface area contributed by atoms with Crippen molar-refractivity contribution in [2.24, 2.45) is 5.73 Å². The Kier molecular flexibility index (Phi) is 2.84. The van der Waals surface area contributed by atoms with E-state index in [2.05, 4.69) is 11.1 Å². The van der Waals surface area contributed by atoms with Crippen LogP contribution < -0.4 is 5.73 Å². The van der Waals surface area contributed by atoms with Gasteiger partial charge < -0.3 is 10.7 Å². The van der Waals surface area contributed by atoms with Gasteiger partial charge in [0.05, 0.1) is 5.69 Å². The molecule has 3 rings (SSSR count). The highest BCUT2D eigenvalue weighted by molar-refractivity contribution is 5.91. The molecule has 19 heavy (non-hydrogen) atoms. The van der Waals surface area contributed by atoms with Crippen molar-refractivity contribution in [1.82, 2.24) is 4.98 Å². The molecule has 0 atom stereocenters. The summed E-state index contributed by atoms with van der Waals surface area (Å²) >= 11 is 0. The highest BCUT2D eigenvalue weighted by Crippen LogP contribution is 2.31. The van der Waals surface area contributed by atoms with E-state index in [9.17, 15) is 4.39 Å². The number of halogens is 1. The quantitative estimate of drug-likeness (QED) is 0.718. The van der Waals surface area contributed by atoms with Gasteiger partial charge in [0.1, 0.15) is 5.82 Å². The molecule has 0 aliphatic rings. The van der Waals surface area contributed by atoms with Crippen LogP contribution in [0.4, 0.5) is 4.39 Å². The molecular weight excluding hydrogens is 239 g/mol. The minimum Gasteiger partial charge on any atom is -0.354 e. The summed E-state index contributed by atoms with van der Waals surface area (Å²) in [4.78, 5) is 3.29. The molecule has 0 aliphatic heterocycles. The van der Waals surface area contributed by atoms with Crippen LogP contribution in [0.25, 0.3) is 22.2 Å². The number of nitrogens with one attached hydrogen (secondary N) is 1. The molecule has 0 unspecified atom stereocenters. The van der Waals surface area contributed by atoms with Crippen molar-refractivity contribution in [2.75, 3.05) is 0 Å². The molecule has 3 N–H and O–H groups in total. The average Bonchev–Trinajstić information content (AvgIpc) is 2.76. The molecular formula is C16H15FN2. The lowest BCUT2D eigenvalue weighted by Gasteiger charge is -2.01. The molecule has 0 saturated heterocycles. The van der Waals surface area contributed by atoms with Crippen molar-refractivity contribution >= 4 is 10.9 Å². The maximum atomic E-state index is 13.9. The maximum absolute atomic E-state index is 13.9. The minimum atomic E-state index is -0.212. The van der Waals surface area contributed by atoms with Crippen molar-refractivity contribution in [3.8, 4) is 11.3 Å². The van der Waals surface area contributed by atoms with Crippen molar-refractivity contribution in [3.05, 3.63) is 59.4 Å². The van der Waals surface area contributed by atoms with Gasteiger partial charge in [0.2, 0.25) is 0 Å². The van der Waals surface area contributed by atoms with Crippen LogP contribution >= 0.6 is 0 Å². The molecule has 3 aromatic rings. The molecule has 0 saturated carbocycles. The van der Waals surface area contributed by atoms with Gasteiger partial charge >= 0.3 is 0 Å². The van der Waals surface area contributed by atoms with Crippen LogP contribution in [-0.4, -0.2) is 4.98 Å². The van der Waals surface area contributed by atoms with Crippen molar-refractivity contribution in [3.63, 3.8) is 0 Å². The van der Waals surface area contributed by atoms with E-state index >= 15 is 0 Å². The Bertz CT molecular complexity index is 744. The van der Waals surface area contributed by atoms with Crippen LogP contribution in [0, 0.1) is 12.7 Å². The van der Waals surface area contributed by atoms with Crippen LogP contribution in [0.3, 0.4) is 0 Å². The largest absolute Gasteiger partial charge is 0.354 e. The Balaban J connectivity index is 2.26. The van der Waals surface area contributed by atoms with E-state index in [4.69, 9.17) is 5.73 Å². The van der Waals surface area contributed by atoms with Crippen LogP contribution in [-0.2, 0) is 6.54 Å². The zero-order valence-corrected chi connectivity index (χ0v) is 10.7. The summed E-state index contributed by atoms with van der Waals surface area (Å²) in [5.41, 5.74) is 10.2. The Morgan fingerprint density at radius 1 is 1.16 bits per heavy atom. The Hall–Kier alpha value is -2.13. The zero-order valence-electron chi connectivity index (χ0n) is 10.7. The summed E-state index contributed by atoms with van der Waals surface area (Å²) in [6.45, 7) is 2.51. The lowest BCUT2D eigenvalue weighted by molar-refractivity contribution is 0.631. The molecule has 1 heterocycles. The van der Waals surface area contributed by atoms with Crippen LogP contribution in [0.2, 0.25) is 0 Å². The Morgan fingerprint density at radius 2 is 1.95 bits per heavy atom. The topological polar surface area (TPSA) is 41.8 Å². The Morgan fingerprint density at radius 3 is 2.68 bits per heavy atom. The average molecular weight is 254 g/mol. The van der Waals surface area contributed by atoms with E-state index in [0.29, 0.717) is 12.1 Å². The van der Waals surface area contributed by atoms with Crippen molar-refractivity contribution in [1.29, 1.82) is 0 Å². The first kappa shape index (κ1) is 11.9. The van der Waals surface area contributed by atoms with Gasteiger partial charge in [-0.3, -0.25) is 0 Å². The number of fused-ring (bicyclic) bond motifs is 1. The van der Waals surface area contributed by atoms with E-state index in [1.54, 1.807) is 12.1 Å². The summed E-state index contributed by atoms with van der Waals surface area (Å²) in [6.07, 6.45) is 0. The third-order valence-corrected chi connectivity index (χ3v) is 3.50. The number of rotatable bonds is 2. The van der Waals surface area contributed by atoms with E-state index in [0.717, 1.165) is 27.7 Å². The fourth-order valence-corrected chi connectivity index (χ4v) is 2.43. The monoisotopic (exact) mass is 254 g/mol. The third kappa shape index (κ3) is 1.92. The summed E-state index contributed by atoms with van der Waals surface area (Å²) in [5, 5.41) is 1.10. The standard InChI is InChI=1S/C16H15FN2/c1-10-13-8-11(9-18)6-7-15(13)19-16(10)12-4-2-3-5-14(12)17/h2-8,19H,9,18H2,1H3. The normalized spacial score (nSPS) is 11.1. The molecule has 0 radical (unpaired) electrons. The molecule has 0 bridgehead atoms. The molecule has 96 valence electrons. The fourth-order valence-electron chi connectivity index (χ4n) is 2.43. The van der Waals surface area contributed by atoms with Crippen LogP contribution in [0.1, 0.15) is 11.1 Å². The minimum absolute atomic E-state index is 0.212. The van der Waals surface area contributed by atoms with Crippen LogP contribution in [0.15, 0.2) is 42.5 Å². The summed E-state index contributed by atoms with van der Waals surface area (Å²) < 4.78 is 13.9. The predicted octanol–water partition coefficient (Wildman–Crippen LogP) is 3.74. The van der Waals surface area contributed by atoms with E-state index in [-0.39, 0.29) is 5.82 Å². The van der Waals surface area contributed by atoms with E-state index in [1.807, 2.05) is 25.1 Å². The predicted molar refractivity (Wildman–Crippen MR) is 76.3 cm³/mol. The molecule has 0 spiro atoms. The van der Waals surface area contributed by atoms with Gasteiger partial charge in [0.15, 0.2) is 0 Å². The second kappa shape index (κ2) is 4.52. The van der Waals surface area contributed by atoms with Crippen molar-refractivity contribution < 1.29 is 4.39 Å². The number of aryl methyl sites for hydroxylation is 1. The van der Waals surface area contributed by atoms with Gasteiger partial charge in [0, 0.05) is 23.0 Å². The second-order valence-corrected chi connectivity index (χ2v) is 4.69. The van der Waals surface area contributed by atoms with Gasteiger partial charge in [-0.15, -0.1) is 0 Å². The number of aromatic amines is 1. The fraction of sp³-hybridized carbons (Fsp3) is 0.125. The van der Waals surface area contributed by atoms with Crippen LogP contribution in [0.5, 0.6) is 0 Å². The van der Waals surface area contributed by atoms with Gasteiger partial charge in [-0.1, -0.05) is 18.2 Å². The summed E-state index contributed by atoms with van der Waals surface area (Å²) in [7, 11) is 0. The van der Waals surface area contributed by atoms with Gasteiger partial charge in [-0.2, -0.15) is 0 Å². The third-order valence-electron chi connectivity index (χ3n) is 3.50. The first-order valence-electron chi connectivity index (χ1n) is 6.27. The molecule has 0 amide bonds. The first-order chi connectivity index (χ1) is 9.20. The van der Waals surface area contributed by atoms with Gasteiger partial charge in [-0.05, 0) is 42.3 Å². The smallest absolute Gasteiger partial charge is 0.132 e. The van der Waals surface area contributed by atoms with E-state index < -0.39 is 0 Å².